The zero-order valence-corrected chi connectivity index (χ0v) is 8.91. The van der Waals surface area contributed by atoms with Crippen LogP contribution in [0.15, 0.2) is 24.3 Å². The average molecular weight is 203 g/mol. The average Bonchev–Trinajstić information content (AvgIpc) is 2.29. The summed E-state index contributed by atoms with van der Waals surface area (Å²) in [7, 11) is 0. The Morgan fingerprint density at radius 3 is 2.60 bits per heavy atom. The highest BCUT2D eigenvalue weighted by Crippen LogP contribution is 2.30. The second-order valence-corrected chi connectivity index (χ2v) is 4.28. The quantitative estimate of drug-likeness (QED) is 0.801. The van der Waals surface area contributed by atoms with Crippen LogP contribution in [0.4, 0.5) is 0 Å². The van der Waals surface area contributed by atoms with E-state index in [1.54, 1.807) is 0 Å². The van der Waals surface area contributed by atoms with Crippen molar-refractivity contribution in [2.75, 3.05) is 0 Å². The van der Waals surface area contributed by atoms with E-state index < -0.39 is 0 Å². The summed E-state index contributed by atoms with van der Waals surface area (Å²) in [5.74, 6) is 0.854. The molecule has 0 aromatic heterocycles. The van der Waals surface area contributed by atoms with Gasteiger partial charge in [0.05, 0.1) is 0 Å². The van der Waals surface area contributed by atoms with Crippen LogP contribution in [0.2, 0.25) is 0 Å². The van der Waals surface area contributed by atoms with E-state index >= 15 is 0 Å². The van der Waals surface area contributed by atoms with Crippen LogP contribution >= 0.6 is 0 Å². The molecule has 2 heteroatoms. The lowest BCUT2D eigenvalue weighted by Gasteiger charge is -2.21. The lowest BCUT2D eigenvalue weighted by atomic mass is 9.83. The number of carbonyl (C=O) groups is 1. The monoisotopic (exact) mass is 203 g/mol. The number of ketones is 1. The van der Waals surface area contributed by atoms with E-state index in [9.17, 15) is 4.79 Å². The molecule has 0 saturated heterocycles. The minimum Gasteiger partial charge on any atom is -0.326 e. The van der Waals surface area contributed by atoms with E-state index in [4.69, 9.17) is 5.73 Å². The molecule has 80 valence electrons. The van der Waals surface area contributed by atoms with Crippen LogP contribution in [0, 0.1) is 0 Å². The summed E-state index contributed by atoms with van der Waals surface area (Å²) in [6, 6.07) is 8.36. The lowest BCUT2D eigenvalue weighted by Crippen LogP contribution is -2.13. The fourth-order valence-electron chi connectivity index (χ4n) is 2.23. The molecule has 0 bridgehead atoms. The minimum atomic E-state index is 0.411. The number of nitrogens with two attached hydrogens (primary N) is 1. The Labute approximate surface area is 90.5 Å². The maximum absolute atomic E-state index is 11.3. The highest BCUT2D eigenvalue weighted by Gasteiger charge is 2.20. The molecule has 2 N–H and O–H groups in total. The van der Waals surface area contributed by atoms with Gasteiger partial charge in [0.15, 0.2) is 0 Å². The molecule has 1 saturated carbocycles. The number of hydrogen-bond acceptors (Lipinski definition) is 2. The van der Waals surface area contributed by atoms with Crippen molar-refractivity contribution < 1.29 is 4.79 Å². The van der Waals surface area contributed by atoms with Gasteiger partial charge in [0.25, 0.3) is 0 Å². The smallest absolute Gasteiger partial charge is 0.133 e. The molecular weight excluding hydrogens is 186 g/mol. The molecule has 1 unspecified atom stereocenters. The Kier molecular flexibility index (Phi) is 3.17. The maximum atomic E-state index is 11.3. The summed E-state index contributed by atoms with van der Waals surface area (Å²) in [5.41, 5.74) is 7.99. The predicted molar refractivity (Wildman–Crippen MR) is 60.5 cm³/mol. The number of carbonyl (C=O) groups excluding carboxylic acids is 1. The molecule has 1 aliphatic rings. The Morgan fingerprint density at radius 2 is 2.00 bits per heavy atom. The molecule has 2 rings (SSSR count). The van der Waals surface area contributed by atoms with Crippen molar-refractivity contribution in [2.45, 2.75) is 38.1 Å². The SMILES string of the molecule is NCc1ccc(C2CCCC(=O)C2)cc1. The van der Waals surface area contributed by atoms with E-state index in [0.29, 0.717) is 18.2 Å². The van der Waals surface area contributed by atoms with E-state index in [1.807, 2.05) is 0 Å². The van der Waals surface area contributed by atoms with Gasteiger partial charge in [0.1, 0.15) is 5.78 Å². The molecule has 1 fully saturated rings. The molecule has 0 spiro atoms. The molecule has 2 nitrogen and oxygen atoms in total. The Balaban J connectivity index is 2.11. The van der Waals surface area contributed by atoms with Gasteiger partial charge in [-0.15, -0.1) is 0 Å². The molecule has 15 heavy (non-hydrogen) atoms. The third-order valence-electron chi connectivity index (χ3n) is 3.17. The topological polar surface area (TPSA) is 43.1 Å². The third-order valence-corrected chi connectivity index (χ3v) is 3.17. The highest BCUT2D eigenvalue weighted by molar-refractivity contribution is 5.80. The fraction of sp³-hybridized carbons (Fsp3) is 0.462. The Hall–Kier alpha value is -1.15. The van der Waals surface area contributed by atoms with Gasteiger partial charge in [-0.05, 0) is 29.9 Å². The van der Waals surface area contributed by atoms with Crippen LogP contribution in [0.5, 0.6) is 0 Å². The summed E-state index contributed by atoms with van der Waals surface area (Å²) < 4.78 is 0. The number of Topliss-reactive ketones (excluding diaryl/α,β-unsaturated/α-hetero) is 1. The summed E-state index contributed by atoms with van der Waals surface area (Å²) in [6.07, 6.45) is 3.69. The van der Waals surface area contributed by atoms with Crippen LogP contribution in [-0.2, 0) is 11.3 Å². The number of hydrogen-bond donors (Lipinski definition) is 1. The maximum Gasteiger partial charge on any atom is 0.133 e. The third kappa shape index (κ3) is 2.45. The van der Waals surface area contributed by atoms with Crippen LogP contribution in [-0.4, -0.2) is 5.78 Å². The predicted octanol–water partition coefficient (Wildman–Crippen LogP) is 2.37. The van der Waals surface area contributed by atoms with Crippen molar-refractivity contribution in [3.63, 3.8) is 0 Å². The van der Waals surface area contributed by atoms with Crippen molar-refractivity contribution in [3.8, 4) is 0 Å². The second-order valence-electron chi connectivity index (χ2n) is 4.28. The van der Waals surface area contributed by atoms with Gasteiger partial charge >= 0.3 is 0 Å². The van der Waals surface area contributed by atoms with Crippen LogP contribution in [0.1, 0.15) is 42.7 Å². The van der Waals surface area contributed by atoms with Crippen LogP contribution in [0.3, 0.4) is 0 Å². The van der Waals surface area contributed by atoms with E-state index in [0.717, 1.165) is 31.2 Å². The number of benzene rings is 1. The minimum absolute atomic E-state index is 0.411. The summed E-state index contributed by atoms with van der Waals surface area (Å²) in [6.45, 7) is 0.587. The van der Waals surface area contributed by atoms with Gasteiger partial charge in [0, 0.05) is 19.4 Å². The first-order valence-corrected chi connectivity index (χ1v) is 5.60. The molecule has 1 aliphatic carbocycles. The normalized spacial score (nSPS) is 21.7. The van der Waals surface area contributed by atoms with Gasteiger partial charge in [-0.3, -0.25) is 4.79 Å². The lowest BCUT2D eigenvalue weighted by molar-refractivity contribution is -0.120. The first-order valence-electron chi connectivity index (χ1n) is 5.60. The van der Waals surface area contributed by atoms with Crippen molar-refractivity contribution >= 4 is 5.78 Å². The molecule has 0 amide bonds. The van der Waals surface area contributed by atoms with Crippen molar-refractivity contribution in [3.05, 3.63) is 35.4 Å². The zero-order valence-electron chi connectivity index (χ0n) is 8.91. The number of rotatable bonds is 2. The van der Waals surface area contributed by atoms with E-state index in [2.05, 4.69) is 24.3 Å². The fourth-order valence-corrected chi connectivity index (χ4v) is 2.23. The molecule has 1 aromatic carbocycles. The van der Waals surface area contributed by atoms with Gasteiger partial charge in [-0.2, -0.15) is 0 Å². The van der Waals surface area contributed by atoms with Gasteiger partial charge in [0.2, 0.25) is 0 Å². The first kappa shape index (κ1) is 10.4. The summed E-state index contributed by atoms with van der Waals surface area (Å²) in [4.78, 5) is 11.3. The molecule has 0 heterocycles. The molecule has 0 aliphatic heterocycles. The second kappa shape index (κ2) is 4.58. The molecule has 0 radical (unpaired) electrons. The van der Waals surface area contributed by atoms with E-state index in [-0.39, 0.29) is 0 Å². The molecule has 1 aromatic rings. The van der Waals surface area contributed by atoms with Crippen molar-refractivity contribution in [2.24, 2.45) is 5.73 Å². The largest absolute Gasteiger partial charge is 0.326 e. The zero-order chi connectivity index (χ0) is 10.7. The van der Waals surface area contributed by atoms with Crippen LogP contribution < -0.4 is 5.73 Å². The van der Waals surface area contributed by atoms with Crippen molar-refractivity contribution in [1.82, 2.24) is 0 Å². The van der Waals surface area contributed by atoms with Crippen molar-refractivity contribution in [1.29, 1.82) is 0 Å². The molecular formula is C13H17NO. The first-order chi connectivity index (χ1) is 7.29. The Morgan fingerprint density at radius 1 is 1.27 bits per heavy atom. The van der Waals surface area contributed by atoms with Crippen LogP contribution in [0.25, 0.3) is 0 Å². The van der Waals surface area contributed by atoms with Gasteiger partial charge in [-0.1, -0.05) is 24.3 Å². The van der Waals surface area contributed by atoms with E-state index in [1.165, 1.54) is 5.56 Å². The summed E-state index contributed by atoms with van der Waals surface area (Å²) >= 11 is 0. The Bertz CT molecular complexity index is 342. The standard InChI is InChI=1S/C13H17NO/c14-9-10-4-6-11(7-5-10)12-2-1-3-13(15)8-12/h4-7,12H,1-3,8-9,14H2. The van der Waals surface area contributed by atoms with Gasteiger partial charge < -0.3 is 5.73 Å². The van der Waals surface area contributed by atoms with Gasteiger partial charge in [-0.25, -0.2) is 0 Å². The molecule has 1 atom stereocenters. The highest BCUT2D eigenvalue weighted by atomic mass is 16.1. The summed E-state index contributed by atoms with van der Waals surface area (Å²) in [5, 5.41) is 0.